The number of nitrogens with zero attached hydrogens (tertiary/aromatic N) is 1. The van der Waals surface area contributed by atoms with Crippen molar-refractivity contribution in [2.45, 2.75) is 12.8 Å². The van der Waals surface area contributed by atoms with Crippen LogP contribution in [0.2, 0.25) is 0 Å². The van der Waals surface area contributed by atoms with Gasteiger partial charge in [-0.25, -0.2) is 0 Å². The van der Waals surface area contributed by atoms with Gasteiger partial charge in [-0.1, -0.05) is 24.3 Å². The highest BCUT2D eigenvalue weighted by Gasteiger charge is 2.29. The minimum Gasteiger partial charge on any atom is -0.378 e. The SMILES string of the molecule is CN(C)c1ccc(-c2ccc(NC(=O)C3CC3)cc2)cc1. The van der Waals surface area contributed by atoms with Gasteiger partial charge in [0.25, 0.3) is 0 Å². The summed E-state index contributed by atoms with van der Waals surface area (Å²) in [7, 11) is 4.07. The third-order valence-corrected chi connectivity index (χ3v) is 3.82. The lowest BCUT2D eigenvalue weighted by Gasteiger charge is -2.13. The van der Waals surface area contributed by atoms with Gasteiger partial charge in [-0.15, -0.1) is 0 Å². The number of carbonyl (C=O) groups excluding carboxylic acids is 1. The van der Waals surface area contributed by atoms with E-state index in [1.807, 2.05) is 38.4 Å². The number of anilines is 2. The Hall–Kier alpha value is -2.29. The number of nitrogens with one attached hydrogen (secondary N) is 1. The molecule has 0 aliphatic heterocycles. The van der Waals surface area contributed by atoms with E-state index in [1.165, 1.54) is 11.3 Å². The number of benzene rings is 2. The van der Waals surface area contributed by atoms with Gasteiger partial charge in [0, 0.05) is 31.4 Å². The molecule has 1 N–H and O–H groups in total. The molecule has 2 aromatic rings. The van der Waals surface area contributed by atoms with Crippen LogP contribution in [0.1, 0.15) is 12.8 Å². The molecule has 3 rings (SSSR count). The quantitative estimate of drug-likeness (QED) is 0.924. The molecule has 1 saturated carbocycles. The first kappa shape index (κ1) is 13.7. The Labute approximate surface area is 125 Å². The van der Waals surface area contributed by atoms with Crippen LogP contribution < -0.4 is 10.2 Å². The molecule has 3 nitrogen and oxygen atoms in total. The van der Waals surface area contributed by atoms with Crippen LogP contribution in [0.15, 0.2) is 48.5 Å². The first-order chi connectivity index (χ1) is 10.1. The Morgan fingerprint density at radius 2 is 1.48 bits per heavy atom. The smallest absolute Gasteiger partial charge is 0.227 e. The van der Waals surface area contributed by atoms with E-state index in [1.54, 1.807) is 0 Å². The average molecular weight is 280 g/mol. The van der Waals surface area contributed by atoms with E-state index in [-0.39, 0.29) is 11.8 Å². The lowest BCUT2D eigenvalue weighted by atomic mass is 10.0. The maximum absolute atomic E-state index is 11.7. The van der Waals surface area contributed by atoms with Crippen LogP contribution >= 0.6 is 0 Å². The molecule has 0 heterocycles. The molecule has 0 unspecified atom stereocenters. The molecular weight excluding hydrogens is 260 g/mol. The summed E-state index contributed by atoms with van der Waals surface area (Å²) in [6, 6.07) is 16.5. The summed E-state index contributed by atoms with van der Waals surface area (Å²) < 4.78 is 0. The first-order valence-corrected chi connectivity index (χ1v) is 7.32. The van der Waals surface area contributed by atoms with E-state index >= 15 is 0 Å². The standard InChI is InChI=1S/C18H20N2O/c1-20(2)17-11-7-14(8-12-17)13-5-9-16(10-6-13)19-18(21)15-3-4-15/h5-12,15H,3-4H2,1-2H3,(H,19,21). The van der Waals surface area contributed by atoms with Gasteiger partial charge in [-0.05, 0) is 48.2 Å². The van der Waals surface area contributed by atoms with Crippen LogP contribution in [0.3, 0.4) is 0 Å². The number of hydrogen-bond acceptors (Lipinski definition) is 2. The van der Waals surface area contributed by atoms with E-state index in [0.29, 0.717) is 0 Å². The summed E-state index contributed by atoms with van der Waals surface area (Å²) in [5.74, 6) is 0.390. The Morgan fingerprint density at radius 3 is 1.95 bits per heavy atom. The highest BCUT2D eigenvalue weighted by Crippen LogP contribution is 2.30. The molecule has 1 fully saturated rings. The van der Waals surface area contributed by atoms with Crippen molar-refractivity contribution in [1.82, 2.24) is 0 Å². The average Bonchev–Trinajstić information content (AvgIpc) is 3.33. The van der Waals surface area contributed by atoms with Crippen LogP contribution in [0.4, 0.5) is 11.4 Å². The van der Waals surface area contributed by atoms with E-state index in [4.69, 9.17) is 0 Å². The van der Waals surface area contributed by atoms with Crippen LogP contribution in [0.5, 0.6) is 0 Å². The van der Waals surface area contributed by atoms with E-state index in [9.17, 15) is 4.79 Å². The van der Waals surface area contributed by atoms with Gasteiger partial charge in [-0.3, -0.25) is 4.79 Å². The Bertz CT molecular complexity index is 625. The molecule has 0 bridgehead atoms. The van der Waals surface area contributed by atoms with Crippen LogP contribution in [0, 0.1) is 5.92 Å². The predicted octanol–water partition coefficient (Wildman–Crippen LogP) is 3.77. The van der Waals surface area contributed by atoms with Gasteiger partial charge in [0.15, 0.2) is 0 Å². The topological polar surface area (TPSA) is 32.3 Å². The molecule has 1 aliphatic carbocycles. The minimum atomic E-state index is 0.151. The Morgan fingerprint density at radius 1 is 0.952 bits per heavy atom. The van der Waals surface area contributed by atoms with Crippen molar-refractivity contribution in [1.29, 1.82) is 0 Å². The molecule has 21 heavy (non-hydrogen) atoms. The molecule has 1 amide bonds. The summed E-state index contributed by atoms with van der Waals surface area (Å²) in [6.45, 7) is 0. The minimum absolute atomic E-state index is 0.151. The maximum atomic E-state index is 11.7. The molecule has 3 heteroatoms. The molecule has 108 valence electrons. The molecule has 0 spiro atoms. The highest BCUT2D eigenvalue weighted by atomic mass is 16.2. The normalized spacial score (nSPS) is 13.8. The lowest BCUT2D eigenvalue weighted by molar-refractivity contribution is -0.117. The molecule has 2 aromatic carbocycles. The van der Waals surface area contributed by atoms with Crippen molar-refractivity contribution in [3.63, 3.8) is 0 Å². The summed E-state index contributed by atoms with van der Waals surface area (Å²) >= 11 is 0. The van der Waals surface area contributed by atoms with Crippen molar-refractivity contribution < 1.29 is 4.79 Å². The van der Waals surface area contributed by atoms with Crippen molar-refractivity contribution in [3.05, 3.63) is 48.5 Å². The van der Waals surface area contributed by atoms with Gasteiger partial charge in [0.1, 0.15) is 0 Å². The summed E-state index contributed by atoms with van der Waals surface area (Å²) in [5.41, 5.74) is 4.40. The van der Waals surface area contributed by atoms with E-state index in [0.717, 1.165) is 24.1 Å². The second kappa shape index (κ2) is 5.60. The highest BCUT2D eigenvalue weighted by molar-refractivity contribution is 5.94. The van der Waals surface area contributed by atoms with Crippen molar-refractivity contribution >= 4 is 17.3 Å². The molecule has 0 aromatic heterocycles. The van der Waals surface area contributed by atoms with Crippen molar-refractivity contribution in [3.8, 4) is 11.1 Å². The van der Waals surface area contributed by atoms with Crippen LogP contribution in [-0.2, 0) is 4.79 Å². The zero-order valence-electron chi connectivity index (χ0n) is 12.5. The number of amides is 1. The zero-order chi connectivity index (χ0) is 14.8. The van der Waals surface area contributed by atoms with E-state index < -0.39 is 0 Å². The van der Waals surface area contributed by atoms with Gasteiger partial charge >= 0.3 is 0 Å². The van der Waals surface area contributed by atoms with Crippen LogP contribution in [0.25, 0.3) is 11.1 Å². The van der Waals surface area contributed by atoms with Crippen LogP contribution in [-0.4, -0.2) is 20.0 Å². The second-order valence-electron chi connectivity index (χ2n) is 5.78. The maximum Gasteiger partial charge on any atom is 0.227 e. The van der Waals surface area contributed by atoms with Gasteiger partial charge in [-0.2, -0.15) is 0 Å². The second-order valence-corrected chi connectivity index (χ2v) is 5.78. The molecular formula is C18H20N2O. The lowest BCUT2D eigenvalue weighted by Crippen LogP contribution is -2.12. The molecule has 0 saturated heterocycles. The fourth-order valence-electron chi connectivity index (χ4n) is 2.29. The van der Waals surface area contributed by atoms with Gasteiger partial charge < -0.3 is 10.2 Å². The number of rotatable bonds is 4. The van der Waals surface area contributed by atoms with Crippen molar-refractivity contribution in [2.75, 3.05) is 24.3 Å². The van der Waals surface area contributed by atoms with Crippen molar-refractivity contribution in [2.24, 2.45) is 5.92 Å². The molecule has 0 atom stereocenters. The number of hydrogen-bond donors (Lipinski definition) is 1. The zero-order valence-corrected chi connectivity index (χ0v) is 12.5. The third-order valence-electron chi connectivity index (χ3n) is 3.82. The third kappa shape index (κ3) is 3.24. The molecule has 1 aliphatic rings. The summed E-state index contributed by atoms with van der Waals surface area (Å²) in [5, 5.41) is 2.96. The Balaban J connectivity index is 1.72. The summed E-state index contributed by atoms with van der Waals surface area (Å²) in [6.07, 6.45) is 2.06. The van der Waals surface area contributed by atoms with E-state index in [2.05, 4.69) is 34.5 Å². The largest absolute Gasteiger partial charge is 0.378 e. The molecule has 0 radical (unpaired) electrons. The van der Waals surface area contributed by atoms with Gasteiger partial charge in [0.05, 0.1) is 0 Å². The first-order valence-electron chi connectivity index (χ1n) is 7.32. The predicted molar refractivity (Wildman–Crippen MR) is 87.6 cm³/mol. The number of carbonyl (C=O) groups is 1. The van der Waals surface area contributed by atoms with Gasteiger partial charge in [0.2, 0.25) is 5.91 Å². The fourth-order valence-corrected chi connectivity index (χ4v) is 2.29. The summed E-state index contributed by atoms with van der Waals surface area (Å²) in [4.78, 5) is 13.8. The fraction of sp³-hybridized carbons (Fsp3) is 0.278. The monoisotopic (exact) mass is 280 g/mol. The Kier molecular flexibility index (Phi) is 3.65.